The van der Waals surface area contributed by atoms with Crippen molar-refractivity contribution in [2.45, 2.75) is 19.3 Å². The molecular weight excluding hydrogens is 429 g/mol. The molecule has 2 aromatic carbocycles. The maximum Gasteiger partial charge on any atom is 0.205 e. The Bertz CT molecular complexity index is 1110. The van der Waals surface area contributed by atoms with E-state index >= 15 is 0 Å². The fourth-order valence-corrected chi connectivity index (χ4v) is 4.46. The van der Waals surface area contributed by atoms with Crippen molar-refractivity contribution >= 4 is 29.3 Å². The van der Waals surface area contributed by atoms with E-state index in [1.807, 2.05) is 48.5 Å². The van der Waals surface area contributed by atoms with Crippen molar-refractivity contribution in [2.75, 3.05) is 19.6 Å². The van der Waals surface area contributed by atoms with Crippen molar-refractivity contribution in [3.05, 3.63) is 98.1 Å². The van der Waals surface area contributed by atoms with E-state index in [-0.39, 0.29) is 11.8 Å². The number of ether oxygens (including phenoxy) is 1. The van der Waals surface area contributed by atoms with Gasteiger partial charge in [-0.3, -0.25) is 4.90 Å². The van der Waals surface area contributed by atoms with E-state index < -0.39 is 0 Å². The van der Waals surface area contributed by atoms with Gasteiger partial charge in [-0.25, -0.2) is 0 Å². The van der Waals surface area contributed by atoms with Crippen LogP contribution in [-0.4, -0.2) is 24.5 Å². The molecule has 31 heavy (non-hydrogen) atoms. The summed E-state index contributed by atoms with van der Waals surface area (Å²) in [6, 6.07) is 17.6. The van der Waals surface area contributed by atoms with E-state index in [1.54, 1.807) is 0 Å². The highest BCUT2D eigenvalue weighted by Crippen LogP contribution is 2.44. The summed E-state index contributed by atoms with van der Waals surface area (Å²) < 4.78 is 6.07. The Morgan fingerprint density at radius 3 is 2.35 bits per heavy atom. The quantitative estimate of drug-likeness (QED) is 0.631. The summed E-state index contributed by atoms with van der Waals surface area (Å²) in [6.45, 7) is 4.58. The number of nitrogens with two attached hydrogens (primary N) is 1. The molecule has 0 saturated carbocycles. The molecular formula is C25H23Cl2N3O. The SMILES string of the molecule is CCCN1CC2=C(OC(N)=C(C#N)[C@@H]2c2ccc(Cl)cc2)/C(=C\c2ccc(Cl)cc2)C1. The van der Waals surface area contributed by atoms with Crippen molar-refractivity contribution in [1.82, 2.24) is 4.90 Å². The van der Waals surface area contributed by atoms with Crippen LogP contribution in [0.1, 0.15) is 30.4 Å². The zero-order valence-electron chi connectivity index (χ0n) is 17.2. The van der Waals surface area contributed by atoms with Crippen LogP contribution >= 0.6 is 23.2 Å². The highest BCUT2D eigenvalue weighted by Gasteiger charge is 2.37. The zero-order valence-corrected chi connectivity index (χ0v) is 18.7. The number of benzene rings is 2. The number of hydrogen-bond acceptors (Lipinski definition) is 4. The highest BCUT2D eigenvalue weighted by atomic mass is 35.5. The number of nitrogens with zero attached hydrogens (tertiary/aromatic N) is 2. The first kappa shape index (κ1) is 21.5. The molecule has 0 saturated heterocycles. The van der Waals surface area contributed by atoms with Gasteiger partial charge in [-0.1, -0.05) is 54.4 Å². The molecule has 4 nitrogen and oxygen atoms in total. The van der Waals surface area contributed by atoms with Gasteiger partial charge < -0.3 is 10.5 Å². The maximum absolute atomic E-state index is 9.88. The third-order valence-electron chi connectivity index (χ3n) is 5.56. The fraction of sp³-hybridized carbons (Fsp3) is 0.240. The first-order chi connectivity index (χ1) is 15.0. The van der Waals surface area contributed by atoms with Crippen LogP contribution in [0.4, 0.5) is 0 Å². The molecule has 0 bridgehead atoms. The van der Waals surface area contributed by atoms with Crippen LogP contribution in [0.25, 0.3) is 6.08 Å². The summed E-state index contributed by atoms with van der Waals surface area (Å²) in [5.41, 5.74) is 10.8. The average molecular weight is 452 g/mol. The van der Waals surface area contributed by atoms with E-state index in [4.69, 9.17) is 33.7 Å². The van der Waals surface area contributed by atoms with Crippen LogP contribution in [0.2, 0.25) is 10.0 Å². The van der Waals surface area contributed by atoms with Crippen molar-refractivity contribution in [2.24, 2.45) is 5.73 Å². The number of rotatable bonds is 4. The fourth-order valence-electron chi connectivity index (χ4n) is 4.21. The average Bonchev–Trinajstić information content (AvgIpc) is 2.76. The summed E-state index contributed by atoms with van der Waals surface area (Å²) >= 11 is 12.2. The Balaban J connectivity index is 1.85. The topological polar surface area (TPSA) is 62.3 Å². The first-order valence-corrected chi connectivity index (χ1v) is 11.0. The predicted octanol–water partition coefficient (Wildman–Crippen LogP) is 5.86. The number of hydrogen-bond donors (Lipinski definition) is 1. The molecule has 4 rings (SSSR count). The molecule has 0 spiro atoms. The largest absolute Gasteiger partial charge is 0.440 e. The van der Waals surface area contributed by atoms with E-state index in [2.05, 4.69) is 24.0 Å². The van der Waals surface area contributed by atoms with Gasteiger partial charge in [-0.05, 0) is 60.0 Å². The van der Waals surface area contributed by atoms with E-state index in [0.29, 0.717) is 22.2 Å². The summed E-state index contributed by atoms with van der Waals surface area (Å²) in [7, 11) is 0. The normalized spacial score (nSPS) is 20.5. The van der Waals surface area contributed by atoms with Gasteiger partial charge in [0.2, 0.25) is 5.88 Å². The van der Waals surface area contributed by atoms with Gasteiger partial charge in [0.1, 0.15) is 17.4 Å². The molecule has 2 aliphatic heterocycles. The molecule has 2 heterocycles. The molecule has 6 heteroatoms. The van der Waals surface area contributed by atoms with Crippen LogP contribution in [0.3, 0.4) is 0 Å². The Hall–Kier alpha value is -2.71. The second kappa shape index (κ2) is 9.20. The second-order valence-corrected chi connectivity index (χ2v) is 8.64. The van der Waals surface area contributed by atoms with E-state index in [9.17, 15) is 5.26 Å². The Labute approximate surface area is 192 Å². The summed E-state index contributed by atoms with van der Waals surface area (Å²) in [5, 5.41) is 11.2. The standard InChI is InChI=1S/C25H23Cl2N3O/c1-2-11-30-14-18(12-16-3-7-19(26)8-4-16)24-22(15-30)23(21(13-28)25(29)31-24)17-5-9-20(27)10-6-17/h3-10,12,23H,2,11,14-15,29H2,1H3/b18-12-/t23-/m0/s1. The van der Waals surface area contributed by atoms with Gasteiger partial charge in [0.05, 0.1) is 5.92 Å². The first-order valence-electron chi connectivity index (χ1n) is 10.2. The van der Waals surface area contributed by atoms with Crippen LogP contribution in [0.15, 0.2) is 76.9 Å². The molecule has 1 atom stereocenters. The second-order valence-electron chi connectivity index (χ2n) is 7.76. The lowest BCUT2D eigenvalue weighted by atomic mass is 9.80. The van der Waals surface area contributed by atoms with Crippen LogP contribution in [-0.2, 0) is 4.74 Å². The van der Waals surface area contributed by atoms with Crippen LogP contribution in [0.5, 0.6) is 0 Å². The van der Waals surface area contributed by atoms with Crippen LogP contribution < -0.4 is 5.73 Å². The van der Waals surface area contributed by atoms with Gasteiger partial charge in [0.15, 0.2) is 0 Å². The molecule has 0 unspecified atom stereocenters. The lowest BCUT2D eigenvalue weighted by Crippen LogP contribution is -2.38. The Kier molecular flexibility index (Phi) is 6.38. The molecule has 2 aromatic rings. The molecule has 0 fully saturated rings. The van der Waals surface area contributed by atoms with Gasteiger partial charge in [0.25, 0.3) is 0 Å². The highest BCUT2D eigenvalue weighted by molar-refractivity contribution is 6.30. The predicted molar refractivity (Wildman–Crippen MR) is 125 cm³/mol. The lowest BCUT2D eigenvalue weighted by Gasteiger charge is -2.38. The summed E-state index contributed by atoms with van der Waals surface area (Å²) in [6.07, 6.45) is 3.14. The van der Waals surface area contributed by atoms with E-state index in [1.165, 1.54) is 0 Å². The van der Waals surface area contributed by atoms with Crippen molar-refractivity contribution < 1.29 is 4.74 Å². The Morgan fingerprint density at radius 2 is 1.74 bits per heavy atom. The minimum Gasteiger partial charge on any atom is -0.440 e. The molecule has 0 aliphatic carbocycles. The van der Waals surface area contributed by atoms with Crippen molar-refractivity contribution in [3.63, 3.8) is 0 Å². The minimum atomic E-state index is -0.265. The van der Waals surface area contributed by atoms with Gasteiger partial charge in [-0.2, -0.15) is 5.26 Å². The monoisotopic (exact) mass is 451 g/mol. The van der Waals surface area contributed by atoms with Gasteiger partial charge >= 0.3 is 0 Å². The minimum absolute atomic E-state index is 0.159. The van der Waals surface area contributed by atoms with Crippen molar-refractivity contribution in [3.8, 4) is 6.07 Å². The third-order valence-corrected chi connectivity index (χ3v) is 6.06. The molecule has 0 amide bonds. The molecule has 2 aliphatic rings. The number of halogens is 2. The summed E-state index contributed by atoms with van der Waals surface area (Å²) in [4.78, 5) is 2.38. The van der Waals surface area contributed by atoms with Gasteiger partial charge in [-0.15, -0.1) is 0 Å². The molecule has 0 aromatic heterocycles. The van der Waals surface area contributed by atoms with Crippen LogP contribution in [0, 0.1) is 11.3 Å². The van der Waals surface area contributed by atoms with Crippen molar-refractivity contribution in [1.29, 1.82) is 5.26 Å². The number of allylic oxidation sites excluding steroid dienone is 1. The molecule has 2 N–H and O–H groups in total. The van der Waals surface area contributed by atoms with E-state index in [0.717, 1.165) is 47.5 Å². The van der Waals surface area contributed by atoms with Gasteiger partial charge in [0, 0.05) is 28.7 Å². The zero-order chi connectivity index (χ0) is 22.0. The number of nitriles is 1. The Morgan fingerprint density at radius 1 is 1.10 bits per heavy atom. The maximum atomic E-state index is 9.88. The lowest BCUT2D eigenvalue weighted by molar-refractivity contribution is 0.234. The summed E-state index contributed by atoms with van der Waals surface area (Å²) in [5.74, 6) is 0.658. The molecule has 158 valence electrons. The molecule has 0 radical (unpaired) electrons. The smallest absolute Gasteiger partial charge is 0.205 e. The third kappa shape index (κ3) is 4.50.